The molecule has 0 aliphatic heterocycles. The molecule has 0 aromatic heterocycles. The van der Waals surface area contributed by atoms with Crippen LogP contribution in [0.1, 0.15) is 19.3 Å². The van der Waals surface area contributed by atoms with E-state index >= 15 is 0 Å². The lowest BCUT2D eigenvalue weighted by molar-refractivity contribution is 0.625. The van der Waals surface area contributed by atoms with E-state index in [1.165, 1.54) is 6.07 Å². The molecule has 0 aliphatic carbocycles. The van der Waals surface area contributed by atoms with Crippen LogP contribution in [0.15, 0.2) is 22.7 Å². The van der Waals surface area contributed by atoms with E-state index in [1.54, 1.807) is 0 Å². The van der Waals surface area contributed by atoms with Crippen molar-refractivity contribution in [1.82, 2.24) is 0 Å². The molecule has 0 bridgehead atoms. The third-order valence-corrected chi connectivity index (χ3v) is 1.46. The quantitative estimate of drug-likeness (QED) is 0.664. The van der Waals surface area contributed by atoms with Crippen LogP contribution in [-0.4, -0.2) is 0 Å². The molecule has 0 radical (unpaired) electrons. The molecule has 0 saturated carbocycles. The molecular weight excluding hydrogens is 195 g/mol. The summed E-state index contributed by atoms with van der Waals surface area (Å²) < 4.78 is 49.2. The SMILES string of the molecule is [2H]C([2H])([2H])C([2H])([2H])c1cc(F)cc(Br)c1. The number of halogens is 2. The Balaban J connectivity index is 3.27. The van der Waals surface area contributed by atoms with Crippen molar-refractivity contribution in [2.75, 3.05) is 0 Å². The fraction of sp³-hybridized carbons (Fsp3) is 0.250. The van der Waals surface area contributed by atoms with Gasteiger partial charge in [-0.05, 0) is 30.1 Å². The van der Waals surface area contributed by atoms with Gasteiger partial charge in [0.15, 0.2) is 0 Å². The van der Waals surface area contributed by atoms with Gasteiger partial charge < -0.3 is 0 Å². The molecule has 10 heavy (non-hydrogen) atoms. The number of rotatable bonds is 1. The molecule has 2 heteroatoms. The zero-order chi connectivity index (χ0) is 11.9. The Bertz CT molecular complexity index is 354. The van der Waals surface area contributed by atoms with E-state index in [9.17, 15) is 4.39 Å². The second-order valence-electron chi connectivity index (χ2n) is 1.78. The van der Waals surface area contributed by atoms with E-state index < -0.39 is 19.0 Å². The summed E-state index contributed by atoms with van der Waals surface area (Å²) in [6, 6.07) is 3.28. The summed E-state index contributed by atoms with van der Waals surface area (Å²) >= 11 is 2.98. The number of hydrogen-bond acceptors (Lipinski definition) is 0. The molecule has 0 atom stereocenters. The highest BCUT2D eigenvalue weighted by molar-refractivity contribution is 9.10. The van der Waals surface area contributed by atoms with Crippen LogP contribution in [0, 0.1) is 5.82 Å². The highest BCUT2D eigenvalue weighted by atomic mass is 79.9. The van der Waals surface area contributed by atoms with Crippen LogP contribution < -0.4 is 0 Å². The molecule has 0 nitrogen and oxygen atoms in total. The van der Waals surface area contributed by atoms with Crippen molar-refractivity contribution in [1.29, 1.82) is 0 Å². The minimum atomic E-state index is -2.82. The Morgan fingerprint density at radius 1 is 1.70 bits per heavy atom. The molecule has 0 heterocycles. The summed E-state index contributed by atoms with van der Waals surface area (Å²) in [4.78, 5) is 0. The lowest BCUT2D eigenvalue weighted by atomic mass is 10.2. The first-order valence-corrected chi connectivity index (χ1v) is 3.40. The summed E-state index contributed by atoms with van der Waals surface area (Å²) in [6.45, 7) is -2.82. The Labute approximate surface area is 75.2 Å². The zero-order valence-electron chi connectivity index (χ0n) is 9.99. The van der Waals surface area contributed by atoms with Crippen molar-refractivity contribution >= 4 is 15.9 Å². The van der Waals surface area contributed by atoms with E-state index in [1.807, 2.05) is 0 Å². The molecular formula is C8H8BrF. The lowest BCUT2D eigenvalue weighted by Gasteiger charge is -1.96. The maximum Gasteiger partial charge on any atom is 0.124 e. The van der Waals surface area contributed by atoms with Crippen LogP contribution in [0.4, 0.5) is 4.39 Å². The largest absolute Gasteiger partial charge is 0.207 e. The maximum absolute atomic E-state index is 13.0. The topological polar surface area (TPSA) is 0 Å². The van der Waals surface area contributed by atoms with E-state index in [-0.39, 0.29) is 5.56 Å². The standard InChI is InChI=1S/C8H8BrF/c1-2-6-3-7(9)5-8(10)4-6/h3-5H,2H2,1H3/i1D3,2D2. The predicted octanol–water partition coefficient (Wildman–Crippen LogP) is 3.15. The van der Waals surface area contributed by atoms with Gasteiger partial charge in [0.2, 0.25) is 0 Å². The molecule has 0 unspecified atom stereocenters. The molecule has 1 rings (SSSR count). The second-order valence-corrected chi connectivity index (χ2v) is 2.70. The minimum Gasteiger partial charge on any atom is -0.207 e. The minimum absolute atomic E-state index is 0.200. The molecule has 0 spiro atoms. The molecule has 0 saturated heterocycles. The summed E-state index contributed by atoms with van der Waals surface area (Å²) in [5.41, 5.74) is -0.200. The Kier molecular flexibility index (Phi) is 1.06. The van der Waals surface area contributed by atoms with Crippen LogP contribution >= 0.6 is 15.9 Å². The average Bonchev–Trinajstić information content (AvgIpc) is 1.99. The first-order valence-electron chi connectivity index (χ1n) is 5.11. The molecule has 1 aromatic carbocycles. The molecule has 0 aliphatic rings. The van der Waals surface area contributed by atoms with Crippen LogP contribution in [0.25, 0.3) is 0 Å². The monoisotopic (exact) mass is 207 g/mol. The second kappa shape index (κ2) is 3.15. The Morgan fingerprint density at radius 3 is 3.10 bits per heavy atom. The van der Waals surface area contributed by atoms with E-state index in [0.29, 0.717) is 4.47 Å². The number of aryl methyl sites for hydroxylation is 1. The van der Waals surface area contributed by atoms with Gasteiger partial charge >= 0.3 is 0 Å². The molecule has 0 amide bonds. The van der Waals surface area contributed by atoms with Crippen LogP contribution in [-0.2, 0) is 6.37 Å². The summed E-state index contributed by atoms with van der Waals surface area (Å²) in [5, 5.41) is 0. The zero-order valence-corrected chi connectivity index (χ0v) is 6.57. The number of hydrogen-bond donors (Lipinski definition) is 0. The molecule has 0 fully saturated rings. The Morgan fingerprint density at radius 2 is 2.50 bits per heavy atom. The van der Waals surface area contributed by atoms with E-state index in [0.717, 1.165) is 12.1 Å². The van der Waals surface area contributed by atoms with Crippen LogP contribution in [0.3, 0.4) is 0 Å². The van der Waals surface area contributed by atoms with Crippen LogP contribution in [0.5, 0.6) is 0 Å². The summed E-state index contributed by atoms with van der Waals surface area (Å²) in [6.07, 6.45) is -2.56. The normalized spacial score (nSPS) is 20.0. The van der Waals surface area contributed by atoms with Gasteiger partial charge in [-0.15, -0.1) is 0 Å². The van der Waals surface area contributed by atoms with Crippen molar-refractivity contribution in [3.05, 3.63) is 34.1 Å². The summed E-state index contributed by atoms with van der Waals surface area (Å²) in [5.74, 6) is -0.674. The molecule has 54 valence electrons. The first kappa shape index (κ1) is 3.35. The maximum atomic E-state index is 13.0. The first-order chi connectivity index (χ1) is 6.64. The highest BCUT2D eigenvalue weighted by Gasteiger charge is 1.95. The number of benzene rings is 1. The van der Waals surface area contributed by atoms with Crippen molar-refractivity contribution in [3.63, 3.8) is 0 Å². The predicted molar refractivity (Wildman–Crippen MR) is 43.5 cm³/mol. The van der Waals surface area contributed by atoms with Gasteiger partial charge in [0.25, 0.3) is 0 Å². The highest BCUT2D eigenvalue weighted by Crippen LogP contribution is 2.14. The Hall–Kier alpha value is -0.370. The lowest BCUT2D eigenvalue weighted by Crippen LogP contribution is -1.81. The molecule has 1 aromatic rings. The van der Waals surface area contributed by atoms with Crippen LogP contribution in [0.2, 0.25) is 0 Å². The van der Waals surface area contributed by atoms with Crippen molar-refractivity contribution in [2.45, 2.75) is 13.2 Å². The van der Waals surface area contributed by atoms with Crippen molar-refractivity contribution in [3.8, 4) is 0 Å². The van der Waals surface area contributed by atoms with E-state index in [4.69, 9.17) is 6.85 Å². The van der Waals surface area contributed by atoms with Gasteiger partial charge in [-0.3, -0.25) is 0 Å². The molecule has 0 N–H and O–H groups in total. The fourth-order valence-electron chi connectivity index (χ4n) is 0.626. The van der Waals surface area contributed by atoms with Gasteiger partial charge in [0.1, 0.15) is 5.82 Å². The third kappa shape index (κ3) is 1.81. The van der Waals surface area contributed by atoms with E-state index in [2.05, 4.69) is 15.9 Å². The third-order valence-electron chi connectivity index (χ3n) is 1.01. The van der Waals surface area contributed by atoms with Crippen molar-refractivity contribution in [2.24, 2.45) is 0 Å². The summed E-state index contributed by atoms with van der Waals surface area (Å²) in [7, 11) is 0. The van der Waals surface area contributed by atoms with Gasteiger partial charge in [-0.2, -0.15) is 0 Å². The van der Waals surface area contributed by atoms with Gasteiger partial charge in [0.05, 0.1) is 0 Å². The van der Waals surface area contributed by atoms with Crippen molar-refractivity contribution < 1.29 is 11.2 Å². The fourth-order valence-corrected chi connectivity index (χ4v) is 1.09. The van der Waals surface area contributed by atoms with Gasteiger partial charge in [-0.25, -0.2) is 4.39 Å². The average molecular weight is 208 g/mol. The van der Waals surface area contributed by atoms with Gasteiger partial charge in [0, 0.05) is 11.3 Å². The van der Waals surface area contributed by atoms with Gasteiger partial charge in [-0.1, -0.05) is 22.8 Å². The smallest absolute Gasteiger partial charge is 0.124 e.